The summed E-state index contributed by atoms with van der Waals surface area (Å²) in [6.45, 7) is 5.09. The second kappa shape index (κ2) is 10.1. The van der Waals surface area contributed by atoms with Gasteiger partial charge in [-0.2, -0.15) is 0 Å². The summed E-state index contributed by atoms with van der Waals surface area (Å²) in [7, 11) is 0. The molecule has 1 saturated carbocycles. The monoisotopic (exact) mass is 480 g/mol. The number of hydrogen-bond acceptors (Lipinski definition) is 7. The largest absolute Gasteiger partial charge is 0.437 e. The van der Waals surface area contributed by atoms with Gasteiger partial charge < -0.3 is 20.7 Å². The summed E-state index contributed by atoms with van der Waals surface area (Å²) in [5.74, 6) is 2.79. The number of aryl methyl sites for hydroxylation is 1. The topological polar surface area (TPSA) is 84.0 Å². The van der Waals surface area contributed by atoms with Gasteiger partial charge in [0.15, 0.2) is 0 Å². The van der Waals surface area contributed by atoms with E-state index in [1.165, 1.54) is 12.8 Å². The van der Waals surface area contributed by atoms with Crippen LogP contribution in [-0.2, 0) is 0 Å². The van der Waals surface area contributed by atoms with Crippen LogP contribution in [0.2, 0.25) is 0 Å². The van der Waals surface area contributed by atoms with Gasteiger partial charge in [0.05, 0.1) is 11.3 Å². The van der Waals surface area contributed by atoms with Gasteiger partial charge in [-0.3, -0.25) is 0 Å². The maximum atomic E-state index is 6.56. The molecule has 1 aliphatic heterocycles. The maximum Gasteiger partial charge on any atom is 0.228 e. The van der Waals surface area contributed by atoms with Gasteiger partial charge >= 0.3 is 0 Å². The number of anilines is 2. The molecule has 7 heteroatoms. The van der Waals surface area contributed by atoms with E-state index in [9.17, 15) is 0 Å². The van der Waals surface area contributed by atoms with E-state index in [1.807, 2.05) is 18.2 Å². The SMILES string of the molecule is Cc1ccc2c(NCC3CC3)cccc2c1Oc1ncccc1-c1ccnc(N[C@H]2CCCNC2)n1. The van der Waals surface area contributed by atoms with Crippen LogP contribution in [0.15, 0.2) is 60.9 Å². The zero-order valence-corrected chi connectivity index (χ0v) is 20.6. The first-order valence-corrected chi connectivity index (χ1v) is 12.9. The van der Waals surface area contributed by atoms with E-state index in [-0.39, 0.29) is 0 Å². The van der Waals surface area contributed by atoms with Crippen molar-refractivity contribution in [2.45, 2.75) is 38.6 Å². The Hall–Kier alpha value is -3.71. The lowest BCUT2D eigenvalue weighted by atomic mass is 10.0. The van der Waals surface area contributed by atoms with Crippen molar-refractivity contribution in [2.24, 2.45) is 5.92 Å². The Morgan fingerprint density at radius 1 is 0.972 bits per heavy atom. The van der Waals surface area contributed by atoms with E-state index in [0.29, 0.717) is 17.9 Å². The number of pyridine rings is 1. The third kappa shape index (κ3) is 4.97. The average Bonchev–Trinajstić information content (AvgIpc) is 3.75. The van der Waals surface area contributed by atoms with E-state index < -0.39 is 0 Å². The predicted molar refractivity (Wildman–Crippen MR) is 145 cm³/mol. The fourth-order valence-electron chi connectivity index (χ4n) is 4.80. The lowest BCUT2D eigenvalue weighted by molar-refractivity contribution is 0.466. The molecule has 0 bridgehead atoms. The Balaban J connectivity index is 1.31. The molecule has 4 aromatic rings. The highest BCUT2D eigenvalue weighted by Crippen LogP contribution is 2.39. The van der Waals surface area contributed by atoms with E-state index in [4.69, 9.17) is 9.72 Å². The number of aromatic nitrogens is 3. The second-order valence-corrected chi connectivity index (χ2v) is 9.85. The number of benzene rings is 2. The fourth-order valence-corrected chi connectivity index (χ4v) is 4.80. The Bertz CT molecular complexity index is 1360. The summed E-state index contributed by atoms with van der Waals surface area (Å²) >= 11 is 0. The van der Waals surface area contributed by atoms with Gasteiger partial charge in [-0.15, -0.1) is 0 Å². The van der Waals surface area contributed by atoms with Gasteiger partial charge in [0, 0.05) is 48.0 Å². The van der Waals surface area contributed by atoms with Gasteiger partial charge in [0.2, 0.25) is 11.8 Å². The number of hydrogen-bond donors (Lipinski definition) is 3. The molecule has 2 fully saturated rings. The van der Waals surface area contributed by atoms with Crippen molar-refractivity contribution in [3.63, 3.8) is 0 Å². The summed E-state index contributed by atoms with van der Waals surface area (Å²) < 4.78 is 6.56. The lowest BCUT2D eigenvalue weighted by Gasteiger charge is -2.23. The zero-order chi connectivity index (χ0) is 24.3. The molecule has 1 atom stereocenters. The molecule has 0 spiro atoms. The minimum absolute atomic E-state index is 0.333. The quantitative estimate of drug-likeness (QED) is 0.295. The number of nitrogens with zero attached hydrogens (tertiary/aromatic N) is 3. The molecule has 6 rings (SSSR count). The number of nitrogens with one attached hydrogen (secondary N) is 3. The fraction of sp³-hybridized carbons (Fsp3) is 0.345. The number of ether oxygens (including phenoxy) is 1. The highest BCUT2D eigenvalue weighted by Gasteiger charge is 2.21. The van der Waals surface area contributed by atoms with Gasteiger partial charge in [0.25, 0.3) is 0 Å². The molecule has 3 heterocycles. The van der Waals surface area contributed by atoms with E-state index in [0.717, 1.165) is 77.4 Å². The molecule has 2 aromatic carbocycles. The molecule has 2 aliphatic rings. The summed E-state index contributed by atoms with van der Waals surface area (Å²) in [6, 6.07) is 16.8. The molecule has 36 heavy (non-hydrogen) atoms. The van der Waals surface area contributed by atoms with Gasteiger partial charge in [-0.1, -0.05) is 24.3 Å². The summed E-state index contributed by atoms with van der Waals surface area (Å²) in [5.41, 5.74) is 3.83. The van der Waals surface area contributed by atoms with Crippen molar-refractivity contribution in [1.29, 1.82) is 0 Å². The molecule has 184 valence electrons. The Morgan fingerprint density at radius 2 is 1.92 bits per heavy atom. The third-order valence-corrected chi connectivity index (χ3v) is 7.02. The smallest absolute Gasteiger partial charge is 0.228 e. The predicted octanol–water partition coefficient (Wildman–Crippen LogP) is 5.78. The average molecular weight is 481 g/mol. The summed E-state index contributed by atoms with van der Waals surface area (Å²) in [6.07, 6.45) is 8.46. The molecule has 2 aromatic heterocycles. The van der Waals surface area contributed by atoms with Crippen LogP contribution in [0.5, 0.6) is 11.6 Å². The normalized spacial score (nSPS) is 17.6. The lowest BCUT2D eigenvalue weighted by Crippen LogP contribution is -2.38. The molecule has 3 N–H and O–H groups in total. The standard InChI is InChI=1S/C29H32N6O/c1-19-9-12-22-23(6-2-8-25(22)33-17-20-10-11-20)27(19)36-28-24(7-4-15-31-28)26-13-16-32-29(35-26)34-21-5-3-14-30-18-21/h2,4,6-9,12-13,15-16,20-21,30,33H,3,5,10-11,14,17-18H2,1H3,(H,32,34,35)/t21-/m0/s1. The van der Waals surface area contributed by atoms with Gasteiger partial charge in [0.1, 0.15) is 5.75 Å². The molecular weight excluding hydrogens is 448 g/mol. The van der Waals surface area contributed by atoms with E-state index in [1.54, 1.807) is 12.4 Å². The minimum Gasteiger partial charge on any atom is -0.437 e. The first-order chi connectivity index (χ1) is 17.7. The van der Waals surface area contributed by atoms with Crippen molar-refractivity contribution in [3.05, 3.63) is 66.5 Å². The summed E-state index contributed by atoms with van der Waals surface area (Å²) in [5, 5.41) is 12.8. The Morgan fingerprint density at radius 3 is 2.78 bits per heavy atom. The second-order valence-electron chi connectivity index (χ2n) is 9.85. The van der Waals surface area contributed by atoms with Crippen LogP contribution in [0.1, 0.15) is 31.2 Å². The van der Waals surface area contributed by atoms with Gasteiger partial charge in [-0.05, 0) is 74.9 Å². The van der Waals surface area contributed by atoms with Crippen molar-refractivity contribution in [2.75, 3.05) is 30.3 Å². The van der Waals surface area contributed by atoms with E-state index >= 15 is 0 Å². The number of piperidine rings is 1. The minimum atomic E-state index is 0.333. The zero-order valence-electron chi connectivity index (χ0n) is 20.6. The Labute approximate surface area is 211 Å². The first kappa shape index (κ1) is 22.7. The Kier molecular flexibility index (Phi) is 6.38. The third-order valence-electron chi connectivity index (χ3n) is 7.02. The van der Waals surface area contributed by atoms with Crippen molar-refractivity contribution >= 4 is 22.4 Å². The summed E-state index contributed by atoms with van der Waals surface area (Å²) in [4.78, 5) is 13.9. The van der Waals surface area contributed by atoms with Crippen LogP contribution in [0.25, 0.3) is 22.0 Å². The van der Waals surface area contributed by atoms with Crippen LogP contribution in [-0.4, -0.2) is 40.6 Å². The molecule has 0 radical (unpaired) electrons. The van der Waals surface area contributed by atoms with Crippen LogP contribution >= 0.6 is 0 Å². The van der Waals surface area contributed by atoms with Crippen LogP contribution in [0.4, 0.5) is 11.6 Å². The molecule has 7 nitrogen and oxygen atoms in total. The molecule has 0 amide bonds. The molecule has 0 unspecified atom stereocenters. The number of fused-ring (bicyclic) bond motifs is 1. The van der Waals surface area contributed by atoms with Crippen LogP contribution in [0, 0.1) is 12.8 Å². The first-order valence-electron chi connectivity index (χ1n) is 12.9. The highest BCUT2D eigenvalue weighted by molar-refractivity contribution is 5.98. The van der Waals surface area contributed by atoms with Crippen molar-refractivity contribution in [3.8, 4) is 22.9 Å². The van der Waals surface area contributed by atoms with Crippen LogP contribution < -0.4 is 20.7 Å². The number of rotatable bonds is 8. The van der Waals surface area contributed by atoms with Crippen molar-refractivity contribution in [1.82, 2.24) is 20.3 Å². The maximum absolute atomic E-state index is 6.56. The highest BCUT2D eigenvalue weighted by atomic mass is 16.5. The molecule has 1 saturated heterocycles. The van der Waals surface area contributed by atoms with Crippen LogP contribution in [0.3, 0.4) is 0 Å². The van der Waals surface area contributed by atoms with Gasteiger partial charge in [-0.25, -0.2) is 15.0 Å². The van der Waals surface area contributed by atoms with E-state index in [2.05, 4.69) is 63.2 Å². The molecular formula is C29H32N6O. The molecule has 1 aliphatic carbocycles. The van der Waals surface area contributed by atoms with Crippen molar-refractivity contribution < 1.29 is 4.74 Å².